The third kappa shape index (κ3) is 6.90. The highest BCUT2D eigenvalue weighted by Gasteiger charge is 2.29. The zero-order valence-corrected chi connectivity index (χ0v) is 35.8. The Kier molecular flexibility index (Phi) is 9.69. The molecule has 0 fully saturated rings. The normalized spacial score (nSPS) is 11.6. The lowest BCUT2D eigenvalue weighted by Gasteiger charge is -2.26. The number of fused-ring (bicyclic) bond motifs is 2. The monoisotopic (exact) mass is 785 g/mol. The van der Waals surface area contributed by atoms with Crippen molar-refractivity contribution in [3.8, 4) is 44.9 Å². The molecule has 0 aromatic heterocycles. The molecule has 3 heteroatoms. The minimum atomic E-state index is 0.137. The minimum Gasteiger partial charge on any atom is -0.456 e. The SMILES string of the molecule is Cc1cc(C)c(B(c2ccc(-c3ccc4c5c(cccc35)Oc3cc(-c5ccc(N(c6ccccc6)c6ccccc6)cc5)ccc3-4)cc2)c2c(C)cc(C)cc2C)c(C)c1. The van der Waals surface area contributed by atoms with Crippen LogP contribution in [0.4, 0.5) is 17.1 Å². The van der Waals surface area contributed by atoms with Crippen LogP contribution in [-0.2, 0) is 0 Å². The Balaban J connectivity index is 0.987. The molecule has 9 aromatic rings. The maximum atomic E-state index is 6.78. The summed E-state index contributed by atoms with van der Waals surface area (Å²) in [5.41, 5.74) is 22.4. The molecule has 0 unspecified atom stereocenters. The maximum absolute atomic E-state index is 6.78. The van der Waals surface area contributed by atoms with E-state index in [4.69, 9.17) is 4.74 Å². The molecule has 0 bridgehead atoms. The van der Waals surface area contributed by atoms with Crippen LogP contribution in [0.2, 0.25) is 0 Å². The Hall–Kier alpha value is -7.10. The van der Waals surface area contributed by atoms with Gasteiger partial charge in [0.2, 0.25) is 6.71 Å². The Bertz CT molecular complexity index is 2950. The van der Waals surface area contributed by atoms with E-state index in [2.05, 4.69) is 228 Å². The number of para-hydroxylation sites is 2. The Morgan fingerprint density at radius 3 is 1.44 bits per heavy atom. The van der Waals surface area contributed by atoms with E-state index in [-0.39, 0.29) is 6.71 Å². The summed E-state index contributed by atoms with van der Waals surface area (Å²) >= 11 is 0. The molecule has 0 saturated carbocycles. The molecule has 0 spiro atoms. The van der Waals surface area contributed by atoms with Crippen LogP contribution < -0.4 is 26.0 Å². The first-order valence-electron chi connectivity index (χ1n) is 21.4. The lowest BCUT2D eigenvalue weighted by molar-refractivity contribution is 0.487. The maximum Gasteiger partial charge on any atom is 0.242 e. The zero-order chi connectivity index (χ0) is 41.8. The van der Waals surface area contributed by atoms with Gasteiger partial charge >= 0.3 is 0 Å². The zero-order valence-electron chi connectivity index (χ0n) is 35.8. The van der Waals surface area contributed by atoms with Gasteiger partial charge in [0.1, 0.15) is 11.5 Å². The first-order valence-corrected chi connectivity index (χ1v) is 21.4. The van der Waals surface area contributed by atoms with Crippen molar-refractivity contribution < 1.29 is 4.74 Å². The van der Waals surface area contributed by atoms with Crippen molar-refractivity contribution in [3.63, 3.8) is 0 Å². The average Bonchev–Trinajstić information content (AvgIpc) is 3.26. The summed E-state index contributed by atoms with van der Waals surface area (Å²) < 4.78 is 6.78. The van der Waals surface area contributed by atoms with E-state index >= 15 is 0 Å². The fraction of sp³-hybridized carbons (Fsp3) is 0.103. The molecule has 0 radical (unpaired) electrons. The van der Waals surface area contributed by atoms with Crippen LogP contribution in [0, 0.1) is 41.5 Å². The Morgan fingerprint density at radius 1 is 0.377 bits per heavy atom. The molecule has 0 N–H and O–H groups in total. The third-order valence-corrected chi connectivity index (χ3v) is 12.6. The number of rotatable bonds is 8. The summed E-state index contributed by atoms with van der Waals surface area (Å²) in [6, 6.07) is 66.3. The second-order valence-electron chi connectivity index (χ2n) is 16.9. The van der Waals surface area contributed by atoms with Gasteiger partial charge in [-0.3, -0.25) is 0 Å². The first kappa shape index (κ1) is 38.1. The van der Waals surface area contributed by atoms with Crippen molar-refractivity contribution in [1.29, 1.82) is 0 Å². The fourth-order valence-electron chi connectivity index (χ4n) is 10.1. The molecule has 2 nitrogen and oxygen atoms in total. The third-order valence-electron chi connectivity index (χ3n) is 12.6. The molecule has 0 atom stereocenters. The quantitative estimate of drug-likeness (QED) is 0.142. The second kappa shape index (κ2) is 15.5. The lowest BCUT2D eigenvalue weighted by Crippen LogP contribution is -2.55. The van der Waals surface area contributed by atoms with Crippen molar-refractivity contribution in [2.75, 3.05) is 4.90 Å². The average molecular weight is 786 g/mol. The fourth-order valence-corrected chi connectivity index (χ4v) is 10.1. The summed E-state index contributed by atoms with van der Waals surface area (Å²) in [5, 5.41) is 2.35. The van der Waals surface area contributed by atoms with E-state index in [0.29, 0.717) is 0 Å². The van der Waals surface area contributed by atoms with Crippen LogP contribution in [0.5, 0.6) is 11.5 Å². The molecule has 10 rings (SSSR count). The van der Waals surface area contributed by atoms with Crippen molar-refractivity contribution in [2.24, 2.45) is 0 Å². The van der Waals surface area contributed by atoms with Gasteiger partial charge in [-0.05, 0) is 129 Å². The summed E-state index contributed by atoms with van der Waals surface area (Å²) in [5.74, 6) is 1.77. The van der Waals surface area contributed by atoms with Crippen LogP contribution in [0.1, 0.15) is 33.4 Å². The van der Waals surface area contributed by atoms with E-state index in [1.807, 2.05) is 0 Å². The Labute approximate surface area is 360 Å². The lowest BCUT2D eigenvalue weighted by atomic mass is 9.34. The standard InChI is InChI=1S/C58H48BNO/c1-37-32-39(3)57(40(4)33-37)59(58-41(5)34-38(2)35-42(58)6)46-25-20-44(21-26-46)50-30-31-53-51-29-24-45(36-55(51)61-54-19-13-18-52(50)56(53)54)43-22-27-49(28-23-43)60(47-14-9-7-10-15-47)48-16-11-8-12-17-48/h7-36H,1-6H3. The highest BCUT2D eigenvalue weighted by atomic mass is 16.5. The molecule has 294 valence electrons. The van der Waals surface area contributed by atoms with Gasteiger partial charge < -0.3 is 9.64 Å². The van der Waals surface area contributed by atoms with Crippen LogP contribution >= 0.6 is 0 Å². The van der Waals surface area contributed by atoms with Gasteiger partial charge in [0.25, 0.3) is 0 Å². The number of anilines is 3. The molecular weight excluding hydrogens is 737 g/mol. The number of hydrogen-bond acceptors (Lipinski definition) is 2. The summed E-state index contributed by atoms with van der Waals surface area (Å²) in [7, 11) is 0. The van der Waals surface area contributed by atoms with Crippen molar-refractivity contribution in [2.45, 2.75) is 41.5 Å². The van der Waals surface area contributed by atoms with Crippen LogP contribution in [0.3, 0.4) is 0 Å². The van der Waals surface area contributed by atoms with Crippen molar-refractivity contribution in [1.82, 2.24) is 0 Å². The van der Waals surface area contributed by atoms with Gasteiger partial charge in [-0.15, -0.1) is 0 Å². The number of ether oxygens (including phenoxy) is 1. The molecular formula is C58H48BNO. The number of benzene rings is 9. The van der Waals surface area contributed by atoms with Crippen LogP contribution in [0.15, 0.2) is 182 Å². The number of aryl methyl sites for hydroxylation is 6. The predicted octanol–water partition coefficient (Wildman–Crippen LogP) is 13.8. The van der Waals surface area contributed by atoms with Gasteiger partial charge in [0, 0.05) is 28.0 Å². The van der Waals surface area contributed by atoms with Crippen LogP contribution in [-0.4, -0.2) is 6.71 Å². The predicted molar refractivity (Wildman–Crippen MR) is 261 cm³/mol. The van der Waals surface area contributed by atoms with Gasteiger partial charge in [-0.2, -0.15) is 0 Å². The van der Waals surface area contributed by atoms with Gasteiger partial charge in [-0.25, -0.2) is 0 Å². The van der Waals surface area contributed by atoms with E-state index in [9.17, 15) is 0 Å². The van der Waals surface area contributed by atoms with Gasteiger partial charge in [0.15, 0.2) is 0 Å². The largest absolute Gasteiger partial charge is 0.456 e. The van der Waals surface area contributed by atoms with E-state index in [1.165, 1.54) is 71.8 Å². The Morgan fingerprint density at radius 2 is 0.869 bits per heavy atom. The smallest absolute Gasteiger partial charge is 0.242 e. The van der Waals surface area contributed by atoms with Crippen molar-refractivity contribution >= 4 is 50.9 Å². The molecule has 0 amide bonds. The van der Waals surface area contributed by atoms with E-state index in [0.717, 1.165) is 50.6 Å². The highest BCUT2D eigenvalue weighted by molar-refractivity contribution is 6.96. The molecule has 61 heavy (non-hydrogen) atoms. The summed E-state index contributed by atoms with van der Waals surface area (Å²) in [6.45, 7) is 13.6. The molecule has 0 aliphatic carbocycles. The molecule has 1 aliphatic rings. The molecule has 1 aliphatic heterocycles. The van der Waals surface area contributed by atoms with Crippen LogP contribution in [0.25, 0.3) is 44.2 Å². The minimum absolute atomic E-state index is 0.137. The second-order valence-corrected chi connectivity index (χ2v) is 16.9. The number of nitrogens with zero attached hydrogens (tertiary/aromatic N) is 1. The van der Waals surface area contributed by atoms with Crippen molar-refractivity contribution in [3.05, 3.63) is 215 Å². The number of hydrogen-bond donors (Lipinski definition) is 0. The summed E-state index contributed by atoms with van der Waals surface area (Å²) in [6.07, 6.45) is 0. The molecule has 1 heterocycles. The topological polar surface area (TPSA) is 12.5 Å². The highest BCUT2D eigenvalue weighted by Crippen LogP contribution is 2.49. The first-order chi connectivity index (χ1) is 29.7. The molecule has 9 aromatic carbocycles. The summed E-state index contributed by atoms with van der Waals surface area (Å²) in [4.78, 5) is 2.29. The van der Waals surface area contributed by atoms with E-state index in [1.54, 1.807) is 0 Å². The van der Waals surface area contributed by atoms with Gasteiger partial charge in [0.05, 0.1) is 0 Å². The van der Waals surface area contributed by atoms with Gasteiger partial charge in [-0.1, -0.05) is 177 Å². The molecule has 0 saturated heterocycles. The van der Waals surface area contributed by atoms with E-state index < -0.39 is 0 Å².